The Balaban J connectivity index is 0.970. The molecule has 138 heavy (non-hydrogen) atoms. The molecule has 2 saturated heterocycles. The van der Waals surface area contributed by atoms with E-state index < -0.39 is 218 Å². The standard InChI is InChI=1S/C93H132N20O24S/c1-51(2)38-66(90(131)110-80(53(5)6)91(132)99-56(9)82(123)100-65(93(134)135)22-15-16-33-113-48-54(7)111-112-113)102-85(126)68(40-58-24-28-63(115)29-25-58)104-89(130)72(45-78(121)122)106-86(127)69(41-59-26-30-64(116)31-27-59)103-88(129)71(44-74(94)117)105-87(128)70(43-61-46-95-50-97-61)101-83(124)55(8)98-84(125)67(39-57-18-11-10-12-19-57)107-92(133)79(52(3)4)109-77(120)47-96-75(118)32-35-137-37-36-136-34-17-21-62(114)20-13-14-23-73-81-60(49-138-73)42-76(119)108-81/h10-12,18-19,24-31,46,48,50-53,55-56,60,65-73,79-81,115-116H,13-17,20-23,32-45,47,49H2,1-9H3,(H2,94,117)(H,95,97)(H,96,118)(H,98,125)(H,99,132)(H,100,123)(H,101,124)(H,102,126)(H,103,129)(H,104,130)(H,105,128)(H,106,127)(H,107,133)(H,108,119)(H,109,120)(H,110,131)(H,121,122)(H,134,135)/t55-,56-,60?,65-,66-,67-,68-,69-,70-,71-,72-,73?,79-,80-,81?/m0/s1. The number of carbonyl (C=O) groups excluding carboxylic acids is 16. The number of unbranched alkanes of at least 4 members (excludes halogenated alkanes) is 2. The quantitative estimate of drug-likeness (QED) is 0.0220. The van der Waals surface area contributed by atoms with Crippen LogP contribution < -0.4 is 80.2 Å². The maximum atomic E-state index is 14.9. The number of thioether (sulfide) groups is 1. The van der Waals surface area contributed by atoms with Crippen LogP contribution in [-0.2, 0) is 128 Å². The number of primary amides is 1. The summed E-state index contributed by atoms with van der Waals surface area (Å²) in [6.07, 6.45) is 6.01. The number of amides is 15. The van der Waals surface area contributed by atoms with Crippen LogP contribution in [0.4, 0.5) is 0 Å². The number of ketones is 1. The molecule has 3 unspecified atom stereocenters. The van der Waals surface area contributed by atoms with Crippen LogP contribution in [0.2, 0.25) is 0 Å². The molecule has 2 aliphatic rings. The molecule has 0 aliphatic carbocycles. The largest absolute Gasteiger partial charge is 0.508 e. The predicted octanol–water partition coefficient (Wildman–Crippen LogP) is -0.419. The number of nitrogens with zero attached hydrogens (tertiary/aromatic N) is 4. The molecule has 0 spiro atoms. The van der Waals surface area contributed by atoms with Crippen molar-refractivity contribution in [1.29, 1.82) is 0 Å². The van der Waals surface area contributed by atoms with E-state index in [1.165, 1.54) is 74.9 Å². The summed E-state index contributed by atoms with van der Waals surface area (Å²) in [4.78, 5) is 254. The molecule has 21 N–H and O–H groups in total. The summed E-state index contributed by atoms with van der Waals surface area (Å²) in [7, 11) is 0. The fourth-order valence-electron chi connectivity index (χ4n) is 15.3. The zero-order valence-corrected chi connectivity index (χ0v) is 79.9. The van der Waals surface area contributed by atoms with Gasteiger partial charge in [-0.05, 0) is 136 Å². The summed E-state index contributed by atoms with van der Waals surface area (Å²) < 4.78 is 12.7. The summed E-state index contributed by atoms with van der Waals surface area (Å²) in [5.41, 5.74) is 7.66. The van der Waals surface area contributed by atoms with Gasteiger partial charge in [0, 0.05) is 93.9 Å². The number of rotatable bonds is 62. The predicted molar refractivity (Wildman–Crippen MR) is 500 cm³/mol. The van der Waals surface area contributed by atoms with Crippen molar-refractivity contribution in [2.24, 2.45) is 29.4 Å². The zero-order valence-electron chi connectivity index (χ0n) is 79.0. The van der Waals surface area contributed by atoms with Crippen LogP contribution in [0.15, 0.2) is 97.6 Å². The van der Waals surface area contributed by atoms with Gasteiger partial charge in [0.05, 0.1) is 51.2 Å². The van der Waals surface area contributed by atoms with Gasteiger partial charge in [-0.15, -0.1) is 5.10 Å². The highest BCUT2D eigenvalue weighted by Gasteiger charge is 2.44. The van der Waals surface area contributed by atoms with Crippen molar-refractivity contribution in [2.75, 3.05) is 38.7 Å². The number of phenols is 2. The summed E-state index contributed by atoms with van der Waals surface area (Å²) in [6, 6.07) is -0.113. The molecule has 44 nitrogen and oxygen atoms in total. The number of hydrogen-bond acceptors (Lipinski definition) is 26. The Hall–Kier alpha value is -13.5. The van der Waals surface area contributed by atoms with Crippen molar-refractivity contribution >= 4 is 118 Å². The van der Waals surface area contributed by atoms with Gasteiger partial charge >= 0.3 is 11.9 Å². The molecule has 754 valence electrons. The SMILES string of the molecule is Cc1cn(CCCC[C@H](NC(=O)[C@H](C)NC(=O)[C@@H](NC(=O)[C@H](CC(C)C)NC(=O)[C@H](Cc2ccc(O)cc2)NC(=O)[C@H](CC(=O)O)NC(=O)[C@H](Cc2ccc(O)cc2)NC(=O)[C@H](CC(N)=O)NC(=O)[C@H](Cc2cnc[nH]2)NC(=O)[C@H](C)NC(=O)[C@H](Cc2ccccc2)NC(=O)[C@@H](NC(=O)CNC(=O)CCOCCOCCCC(=O)CCCCC2SCC3CC(=O)NC32)C(C)C)C(C)C)C(=O)O)nn1. The topological polar surface area (TPSA) is 660 Å². The number of imidazole rings is 1. The molecular formula is C93H132N20O24S. The summed E-state index contributed by atoms with van der Waals surface area (Å²) >= 11 is 1.90. The third-order valence-corrected chi connectivity index (χ3v) is 24.4. The minimum Gasteiger partial charge on any atom is -0.508 e. The van der Waals surface area contributed by atoms with Gasteiger partial charge in [-0.2, -0.15) is 11.8 Å². The van der Waals surface area contributed by atoms with E-state index in [2.05, 4.69) is 94.7 Å². The third kappa shape index (κ3) is 39.3. The van der Waals surface area contributed by atoms with Crippen LogP contribution in [0, 0.1) is 30.6 Å². The number of carboxylic acids is 2. The number of aromatic amines is 1. The monoisotopic (exact) mass is 1940 g/mol. The number of aliphatic carboxylic acids is 2. The number of phenolic OH excluding ortho intramolecular Hbond substituents is 2. The normalized spacial score (nSPS) is 16.4. The number of fused-ring (bicyclic) bond motifs is 1. The minimum atomic E-state index is -2.12. The van der Waals surface area contributed by atoms with Crippen LogP contribution in [0.3, 0.4) is 0 Å². The van der Waals surface area contributed by atoms with Crippen molar-refractivity contribution < 1.29 is 116 Å². The van der Waals surface area contributed by atoms with E-state index in [4.69, 9.17) is 15.2 Å². The van der Waals surface area contributed by atoms with Gasteiger partial charge < -0.3 is 115 Å². The summed E-state index contributed by atoms with van der Waals surface area (Å²) in [5.74, 6) is -17.3. The Morgan fingerprint density at radius 2 is 0.993 bits per heavy atom. The fourth-order valence-corrected chi connectivity index (χ4v) is 16.9. The molecule has 5 aromatic rings. The highest BCUT2D eigenvalue weighted by atomic mass is 32.2. The first-order chi connectivity index (χ1) is 65.6. The van der Waals surface area contributed by atoms with Crippen molar-refractivity contribution in [3.05, 3.63) is 126 Å². The second-order valence-corrected chi connectivity index (χ2v) is 36.9. The van der Waals surface area contributed by atoms with Crippen LogP contribution >= 0.6 is 11.8 Å². The first-order valence-corrected chi connectivity index (χ1v) is 47.3. The van der Waals surface area contributed by atoms with Crippen LogP contribution in [0.25, 0.3) is 0 Å². The first kappa shape index (κ1) is 112. The second-order valence-electron chi connectivity index (χ2n) is 35.6. The average molecular weight is 1950 g/mol. The molecule has 0 bridgehead atoms. The number of nitrogens with one attached hydrogen (secondary N) is 15. The smallest absolute Gasteiger partial charge is 0.326 e. The number of benzene rings is 3. The molecule has 0 saturated carbocycles. The van der Waals surface area contributed by atoms with Crippen molar-refractivity contribution in [2.45, 2.75) is 268 Å². The van der Waals surface area contributed by atoms with Crippen molar-refractivity contribution in [3.8, 4) is 11.5 Å². The lowest BCUT2D eigenvalue weighted by molar-refractivity contribution is -0.142. The highest BCUT2D eigenvalue weighted by molar-refractivity contribution is 8.00. The number of hydrogen-bond donors (Lipinski definition) is 20. The fraction of sp³-hybridized carbons (Fsp3) is 0.559. The van der Waals surface area contributed by atoms with E-state index in [1.807, 2.05) is 11.8 Å². The third-order valence-electron chi connectivity index (χ3n) is 22.8. The number of aromatic nitrogens is 5. The maximum Gasteiger partial charge on any atom is 0.326 e. The molecule has 3 aromatic carbocycles. The first-order valence-electron chi connectivity index (χ1n) is 46.2. The van der Waals surface area contributed by atoms with Gasteiger partial charge in [-0.3, -0.25) is 86.2 Å². The molecule has 2 aliphatic heterocycles. The summed E-state index contributed by atoms with van der Waals surface area (Å²) in [6.45, 7) is 14.8. The molecule has 2 aromatic heterocycles. The number of H-pyrrole nitrogens is 1. The number of aromatic hydroxyl groups is 2. The van der Waals surface area contributed by atoms with E-state index in [-0.39, 0.29) is 97.5 Å². The molecule has 15 amide bonds. The Kier molecular flexibility index (Phi) is 46.0. The van der Waals surface area contributed by atoms with Crippen molar-refractivity contribution in [1.82, 2.24) is 99.4 Å². The van der Waals surface area contributed by atoms with Gasteiger partial charge in [0.1, 0.15) is 89.8 Å². The van der Waals surface area contributed by atoms with Gasteiger partial charge in [0.2, 0.25) is 88.6 Å². The molecule has 7 rings (SSSR count). The average Bonchev–Trinajstić information content (AvgIpc) is 1.66. The van der Waals surface area contributed by atoms with Gasteiger partial charge in [-0.1, -0.05) is 108 Å². The number of carboxylic acid groups (broad SMARTS) is 2. The molecule has 2 fully saturated rings. The van der Waals surface area contributed by atoms with Gasteiger partial charge in [-0.25, -0.2) is 9.78 Å². The second kappa shape index (κ2) is 56.9. The van der Waals surface area contributed by atoms with Gasteiger partial charge in [0.15, 0.2) is 0 Å². The number of carbonyl (C=O) groups is 18. The molecule has 45 heteroatoms. The van der Waals surface area contributed by atoms with Gasteiger partial charge in [0.25, 0.3) is 0 Å². The Morgan fingerprint density at radius 3 is 1.53 bits per heavy atom. The number of ether oxygens (including phenoxy) is 2. The van der Waals surface area contributed by atoms with E-state index in [1.54, 1.807) is 89.7 Å². The van der Waals surface area contributed by atoms with Crippen LogP contribution in [-0.4, -0.2) is 274 Å². The number of aryl methyl sites for hydroxylation is 2. The van der Waals surface area contributed by atoms with Crippen molar-refractivity contribution in [3.63, 3.8) is 0 Å². The van der Waals surface area contributed by atoms with Crippen LogP contribution in [0.1, 0.15) is 173 Å². The lowest BCUT2D eigenvalue weighted by Gasteiger charge is -2.29. The Labute approximate surface area is 803 Å². The van der Waals surface area contributed by atoms with E-state index in [0.717, 1.165) is 25.0 Å². The summed E-state index contributed by atoms with van der Waals surface area (Å²) in [5, 5.41) is 84.8. The molecule has 4 heterocycles. The molecule has 0 radical (unpaired) electrons. The Morgan fingerprint density at radius 1 is 0.507 bits per heavy atom. The Bertz CT molecular complexity index is 4930. The van der Waals surface area contributed by atoms with E-state index >= 15 is 0 Å². The molecule has 15 atom stereocenters. The number of Topliss-reactive ketones (excluding diaryl/α,β-unsaturated/α-hetero) is 1. The maximum absolute atomic E-state index is 14.9. The van der Waals surface area contributed by atoms with Crippen LogP contribution in [0.5, 0.6) is 11.5 Å². The highest BCUT2D eigenvalue weighted by Crippen LogP contribution is 2.39. The lowest BCUT2D eigenvalue weighted by atomic mass is 9.97. The van der Waals surface area contributed by atoms with E-state index in [0.29, 0.717) is 74.1 Å². The van der Waals surface area contributed by atoms with E-state index in [9.17, 15) is 107 Å². The zero-order chi connectivity index (χ0) is 101. The minimum absolute atomic E-state index is 0.00154. The number of nitrogens with two attached hydrogens (primary N) is 1. The lowest BCUT2D eigenvalue weighted by Crippen LogP contribution is -2.62. The molecular weight excluding hydrogens is 1810 g/mol.